The van der Waals surface area contributed by atoms with Gasteiger partial charge in [-0.3, -0.25) is 19.5 Å². The van der Waals surface area contributed by atoms with Crippen molar-refractivity contribution in [2.24, 2.45) is 10.8 Å². The molecule has 0 bridgehead atoms. The van der Waals surface area contributed by atoms with Gasteiger partial charge in [-0.25, -0.2) is 0 Å². The highest BCUT2D eigenvalue weighted by Gasteiger charge is 2.40. The number of carbonyl (C=O) groups excluding carboxylic acids is 1. The van der Waals surface area contributed by atoms with Crippen LogP contribution in [-0.2, 0) is 26.4 Å². The van der Waals surface area contributed by atoms with Crippen LogP contribution in [0.2, 0.25) is 0 Å². The first-order chi connectivity index (χ1) is 16.9. The molecule has 2 aliphatic rings. The SMILES string of the molecule is COCCC1(N)c2cc(C(=O)c3ccc(C=NN4CCOCC4)cc3)ccc2CCN1CC(=O)O. The van der Waals surface area contributed by atoms with Crippen LogP contribution in [-0.4, -0.2) is 86.1 Å². The molecule has 1 saturated heterocycles. The van der Waals surface area contributed by atoms with E-state index in [1.165, 1.54) is 0 Å². The topological polar surface area (TPSA) is 118 Å². The second kappa shape index (κ2) is 11.1. The predicted octanol–water partition coefficient (Wildman–Crippen LogP) is 1.67. The lowest BCUT2D eigenvalue weighted by molar-refractivity contribution is -0.140. The van der Waals surface area contributed by atoms with E-state index in [4.69, 9.17) is 15.2 Å². The van der Waals surface area contributed by atoms with E-state index < -0.39 is 11.6 Å². The van der Waals surface area contributed by atoms with E-state index in [-0.39, 0.29) is 12.3 Å². The Balaban J connectivity index is 1.55. The summed E-state index contributed by atoms with van der Waals surface area (Å²) < 4.78 is 10.6. The number of hydrazone groups is 1. The molecule has 1 unspecified atom stereocenters. The molecule has 1 fully saturated rings. The minimum Gasteiger partial charge on any atom is -0.480 e. The highest BCUT2D eigenvalue weighted by molar-refractivity contribution is 6.09. The number of morpholine rings is 1. The van der Waals surface area contributed by atoms with Gasteiger partial charge in [0, 0.05) is 37.8 Å². The Bertz CT molecular complexity index is 1080. The summed E-state index contributed by atoms with van der Waals surface area (Å²) in [5.41, 5.74) is 9.57. The van der Waals surface area contributed by atoms with Gasteiger partial charge in [-0.05, 0) is 29.2 Å². The fourth-order valence-corrected chi connectivity index (χ4v) is 4.60. The van der Waals surface area contributed by atoms with Crippen LogP contribution in [0.1, 0.15) is 39.0 Å². The molecule has 186 valence electrons. The lowest BCUT2D eigenvalue weighted by atomic mass is 9.83. The maximum Gasteiger partial charge on any atom is 0.317 e. The van der Waals surface area contributed by atoms with E-state index in [9.17, 15) is 14.7 Å². The minimum absolute atomic E-state index is 0.117. The number of carboxylic acid groups (broad SMARTS) is 1. The van der Waals surface area contributed by atoms with Crippen molar-refractivity contribution in [1.29, 1.82) is 0 Å². The first kappa shape index (κ1) is 25.0. The van der Waals surface area contributed by atoms with E-state index in [2.05, 4.69) is 5.10 Å². The summed E-state index contributed by atoms with van der Waals surface area (Å²) in [6.45, 7) is 3.61. The maximum atomic E-state index is 13.3. The van der Waals surface area contributed by atoms with Crippen molar-refractivity contribution in [3.63, 3.8) is 0 Å². The van der Waals surface area contributed by atoms with Gasteiger partial charge in [0.15, 0.2) is 5.78 Å². The summed E-state index contributed by atoms with van der Waals surface area (Å²) in [6, 6.07) is 12.9. The van der Waals surface area contributed by atoms with Crippen LogP contribution in [0, 0.1) is 0 Å². The van der Waals surface area contributed by atoms with E-state index in [0.29, 0.717) is 50.3 Å². The Morgan fingerprint density at radius 1 is 1.14 bits per heavy atom. The van der Waals surface area contributed by atoms with Gasteiger partial charge in [0.25, 0.3) is 0 Å². The van der Waals surface area contributed by atoms with Gasteiger partial charge < -0.3 is 20.3 Å². The fourth-order valence-electron chi connectivity index (χ4n) is 4.60. The van der Waals surface area contributed by atoms with Gasteiger partial charge in [0.2, 0.25) is 0 Å². The number of fused-ring (bicyclic) bond motifs is 1. The van der Waals surface area contributed by atoms with Crippen molar-refractivity contribution in [3.05, 3.63) is 70.3 Å². The van der Waals surface area contributed by atoms with Crippen molar-refractivity contribution in [2.45, 2.75) is 18.5 Å². The summed E-state index contributed by atoms with van der Waals surface area (Å²) in [6.07, 6.45) is 2.87. The third-order valence-electron chi connectivity index (χ3n) is 6.60. The Kier molecular flexibility index (Phi) is 7.92. The number of hydrogen-bond donors (Lipinski definition) is 2. The molecule has 1 atom stereocenters. The highest BCUT2D eigenvalue weighted by Crippen LogP contribution is 2.35. The number of carboxylic acids is 1. The molecular formula is C26H32N4O5. The monoisotopic (exact) mass is 480 g/mol. The molecule has 9 heteroatoms. The van der Waals surface area contributed by atoms with Crippen LogP contribution in [0.25, 0.3) is 0 Å². The first-order valence-electron chi connectivity index (χ1n) is 11.8. The molecule has 0 amide bonds. The molecule has 9 nitrogen and oxygen atoms in total. The fraction of sp³-hybridized carbons (Fsp3) is 0.423. The normalized spacial score (nSPS) is 20.7. The number of hydrogen-bond acceptors (Lipinski definition) is 8. The van der Waals surface area contributed by atoms with Crippen molar-refractivity contribution in [3.8, 4) is 0 Å². The Morgan fingerprint density at radius 2 is 1.86 bits per heavy atom. The van der Waals surface area contributed by atoms with Crippen LogP contribution < -0.4 is 5.73 Å². The largest absolute Gasteiger partial charge is 0.480 e. The zero-order chi connectivity index (χ0) is 24.8. The highest BCUT2D eigenvalue weighted by atomic mass is 16.5. The van der Waals surface area contributed by atoms with Crippen molar-refractivity contribution in [1.82, 2.24) is 9.91 Å². The zero-order valence-corrected chi connectivity index (χ0v) is 20.0. The second-order valence-electron chi connectivity index (χ2n) is 8.87. The smallest absolute Gasteiger partial charge is 0.317 e. The number of nitrogens with zero attached hydrogens (tertiary/aromatic N) is 3. The van der Waals surface area contributed by atoms with E-state index in [0.717, 1.165) is 29.8 Å². The zero-order valence-electron chi connectivity index (χ0n) is 20.0. The lowest BCUT2D eigenvalue weighted by Crippen LogP contribution is -2.58. The van der Waals surface area contributed by atoms with Crippen LogP contribution in [0.4, 0.5) is 0 Å². The Hall–Kier alpha value is -3.11. The third-order valence-corrected chi connectivity index (χ3v) is 6.60. The summed E-state index contributed by atoms with van der Waals surface area (Å²) in [5.74, 6) is -1.06. The van der Waals surface area contributed by atoms with Crippen LogP contribution >= 0.6 is 0 Å². The lowest BCUT2D eigenvalue weighted by Gasteiger charge is -2.45. The number of methoxy groups -OCH3 is 1. The Labute approximate surface area is 205 Å². The van der Waals surface area contributed by atoms with E-state index >= 15 is 0 Å². The number of ether oxygens (including phenoxy) is 2. The van der Waals surface area contributed by atoms with Gasteiger partial charge in [-0.15, -0.1) is 0 Å². The van der Waals surface area contributed by atoms with Gasteiger partial charge >= 0.3 is 5.97 Å². The number of benzene rings is 2. The van der Waals surface area contributed by atoms with Gasteiger partial charge in [0.05, 0.1) is 44.7 Å². The van der Waals surface area contributed by atoms with Crippen LogP contribution in [0.15, 0.2) is 47.6 Å². The maximum absolute atomic E-state index is 13.3. The van der Waals surface area contributed by atoms with Gasteiger partial charge in [-0.2, -0.15) is 5.10 Å². The predicted molar refractivity (Wildman–Crippen MR) is 132 cm³/mol. The quantitative estimate of drug-likeness (QED) is 0.411. The van der Waals surface area contributed by atoms with E-state index in [1.807, 2.05) is 35.3 Å². The summed E-state index contributed by atoms with van der Waals surface area (Å²) in [4.78, 5) is 26.5. The van der Waals surface area contributed by atoms with Gasteiger partial charge in [-0.1, -0.05) is 36.4 Å². The van der Waals surface area contributed by atoms with Crippen molar-refractivity contribution < 1.29 is 24.2 Å². The molecule has 2 aromatic rings. The van der Waals surface area contributed by atoms with Gasteiger partial charge in [0.1, 0.15) is 0 Å². The number of aliphatic carboxylic acids is 1. The molecular weight excluding hydrogens is 448 g/mol. The molecule has 2 heterocycles. The average Bonchev–Trinajstić information content (AvgIpc) is 2.88. The molecule has 0 aliphatic carbocycles. The summed E-state index contributed by atoms with van der Waals surface area (Å²) in [7, 11) is 1.59. The van der Waals surface area contributed by atoms with E-state index in [1.54, 1.807) is 30.4 Å². The molecule has 4 rings (SSSR count). The molecule has 35 heavy (non-hydrogen) atoms. The van der Waals surface area contributed by atoms with Crippen LogP contribution in [0.5, 0.6) is 0 Å². The van der Waals surface area contributed by atoms with Crippen LogP contribution in [0.3, 0.4) is 0 Å². The van der Waals surface area contributed by atoms with Crippen molar-refractivity contribution >= 4 is 18.0 Å². The molecule has 0 aromatic heterocycles. The second-order valence-corrected chi connectivity index (χ2v) is 8.87. The molecule has 0 radical (unpaired) electrons. The number of rotatable bonds is 9. The number of nitrogens with two attached hydrogens (primary N) is 1. The number of ketones is 1. The molecule has 3 N–H and O–H groups in total. The summed E-state index contributed by atoms with van der Waals surface area (Å²) >= 11 is 0. The average molecular weight is 481 g/mol. The molecule has 2 aromatic carbocycles. The first-order valence-corrected chi connectivity index (χ1v) is 11.8. The minimum atomic E-state index is -1.03. The standard InChI is InChI=1S/C26H32N4O5/c1-34-13-9-26(27)23-16-22(7-6-20(23)8-10-29(26)18-24(31)32)25(33)21-4-2-19(3-5-21)17-28-30-11-14-35-15-12-30/h2-7,16-17H,8-15,18,27H2,1H3,(H,31,32). The third kappa shape index (κ3) is 5.76. The van der Waals surface area contributed by atoms with Crippen molar-refractivity contribution in [2.75, 3.05) is 53.1 Å². The molecule has 0 spiro atoms. The summed E-state index contributed by atoms with van der Waals surface area (Å²) in [5, 5.41) is 15.8. The molecule has 2 aliphatic heterocycles. The number of carbonyl (C=O) groups is 2. The molecule has 0 saturated carbocycles. The Morgan fingerprint density at radius 3 is 2.54 bits per heavy atom.